The summed E-state index contributed by atoms with van der Waals surface area (Å²) in [4.78, 5) is 0. The van der Waals surface area contributed by atoms with Crippen LogP contribution in [-0.4, -0.2) is 52.6 Å². The number of ether oxygens (including phenoxy) is 3. The summed E-state index contributed by atoms with van der Waals surface area (Å²) in [6.45, 7) is 5.48. The molecule has 140 valence electrons. The predicted molar refractivity (Wildman–Crippen MR) is 105 cm³/mol. The number of hydrogen-bond acceptors (Lipinski definition) is 6. The lowest BCUT2D eigenvalue weighted by molar-refractivity contribution is 0.0767. The van der Waals surface area contributed by atoms with Crippen molar-refractivity contribution in [1.29, 1.82) is 0 Å². The van der Waals surface area contributed by atoms with Crippen molar-refractivity contribution in [2.75, 3.05) is 63.2 Å². The smallest absolute Gasteiger partial charge is 0.142 e. The number of benzene rings is 2. The van der Waals surface area contributed by atoms with Gasteiger partial charge in [0.15, 0.2) is 0 Å². The normalized spacial score (nSPS) is 16.9. The number of anilines is 2. The first-order valence-corrected chi connectivity index (χ1v) is 9.13. The third kappa shape index (κ3) is 5.82. The van der Waals surface area contributed by atoms with Crippen molar-refractivity contribution in [2.45, 2.75) is 0 Å². The molecule has 0 spiro atoms. The zero-order valence-corrected chi connectivity index (χ0v) is 15.0. The van der Waals surface area contributed by atoms with E-state index in [0.29, 0.717) is 26.4 Å². The summed E-state index contributed by atoms with van der Waals surface area (Å²) in [6, 6.07) is 16.0. The maximum absolute atomic E-state index is 5.83. The average molecular weight is 357 g/mol. The number of hydrogen-bond donors (Lipinski definition) is 3. The zero-order chi connectivity index (χ0) is 17.9. The molecule has 26 heavy (non-hydrogen) atoms. The van der Waals surface area contributed by atoms with Crippen LogP contribution in [0, 0.1) is 0 Å². The topological polar surface area (TPSA) is 63.8 Å². The van der Waals surface area contributed by atoms with E-state index in [4.69, 9.17) is 14.2 Å². The Kier molecular flexibility index (Phi) is 7.43. The zero-order valence-electron chi connectivity index (χ0n) is 15.0. The fourth-order valence-electron chi connectivity index (χ4n) is 2.70. The maximum Gasteiger partial charge on any atom is 0.142 e. The van der Waals surface area contributed by atoms with E-state index in [1.54, 1.807) is 0 Å². The molecule has 6 nitrogen and oxygen atoms in total. The lowest BCUT2D eigenvalue weighted by atomic mass is 10.3. The molecule has 0 bridgehead atoms. The molecule has 1 heterocycles. The number of para-hydroxylation sites is 4. The van der Waals surface area contributed by atoms with Crippen LogP contribution in [0.1, 0.15) is 0 Å². The maximum atomic E-state index is 5.83. The largest absolute Gasteiger partial charge is 0.489 e. The van der Waals surface area contributed by atoms with Gasteiger partial charge in [-0.25, -0.2) is 0 Å². The van der Waals surface area contributed by atoms with E-state index in [1.165, 1.54) is 0 Å². The summed E-state index contributed by atoms with van der Waals surface area (Å²) in [7, 11) is 0. The third-order valence-corrected chi connectivity index (χ3v) is 3.98. The summed E-state index contributed by atoms with van der Waals surface area (Å²) < 4.78 is 17.3. The molecule has 0 amide bonds. The van der Waals surface area contributed by atoms with Crippen LogP contribution in [0.25, 0.3) is 0 Å². The van der Waals surface area contributed by atoms with E-state index in [9.17, 15) is 0 Å². The standard InChI is InChI=1S/C20H27N3O3/c1-3-7-19-17(5-1)22-11-9-21-10-12-23-18-6-2-4-8-20(18)26-16-14-24-13-15-25-19/h1-8,21-23H,9-16H2. The summed E-state index contributed by atoms with van der Waals surface area (Å²) in [5.41, 5.74) is 2.01. The number of rotatable bonds is 0. The van der Waals surface area contributed by atoms with Crippen LogP contribution >= 0.6 is 0 Å². The molecule has 6 heteroatoms. The van der Waals surface area contributed by atoms with Crippen molar-refractivity contribution < 1.29 is 14.2 Å². The van der Waals surface area contributed by atoms with Crippen molar-refractivity contribution in [3.8, 4) is 11.5 Å². The molecule has 0 atom stereocenters. The number of nitrogens with one attached hydrogen (secondary N) is 3. The van der Waals surface area contributed by atoms with Crippen LogP contribution in [0.3, 0.4) is 0 Å². The Hall–Kier alpha value is -2.44. The van der Waals surface area contributed by atoms with E-state index in [-0.39, 0.29) is 0 Å². The van der Waals surface area contributed by atoms with E-state index >= 15 is 0 Å². The van der Waals surface area contributed by atoms with Crippen molar-refractivity contribution in [3.05, 3.63) is 48.5 Å². The molecule has 0 unspecified atom stereocenters. The molecule has 1 aliphatic heterocycles. The van der Waals surface area contributed by atoms with Crippen molar-refractivity contribution in [3.63, 3.8) is 0 Å². The molecular formula is C20H27N3O3. The van der Waals surface area contributed by atoms with Crippen LogP contribution in [-0.2, 0) is 4.74 Å². The first-order valence-electron chi connectivity index (χ1n) is 9.13. The fraction of sp³-hybridized carbons (Fsp3) is 0.400. The average Bonchev–Trinajstić information content (AvgIpc) is 2.68. The summed E-state index contributed by atoms with van der Waals surface area (Å²) in [5, 5.41) is 10.3. The van der Waals surface area contributed by atoms with Crippen LogP contribution in [0.4, 0.5) is 11.4 Å². The highest BCUT2D eigenvalue weighted by Crippen LogP contribution is 2.24. The molecule has 3 rings (SSSR count). The highest BCUT2D eigenvalue weighted by Gasteiger charge is 2.04. The van der Waals surface area contributed by atoms with Gasteiger partial charge in [0.05, 0.1) is 24.6 Å². The first kappa shape index (κ1) is 18.4. The van der Waals surface area contributed by atoms with E-state index < -0.39 is 0 Å². The Labute approximate surface area is 154 Å². The molecule has 3 N–H and O–H groups in total. The molecule has 0 radical (unpaired) electrons. The summed E-state index contributed by atoms with van der Waals surface area (Å²) in [6.07, 6.45) is 0. The Bertz CT molecular complexity index is 555. The van der Waals surface area contributed by atoms with E-state index in [1.807, 2.05) is 48.5 Å². The van der Waals surface area contributed by atoms with Gasteiger partial charge in [0.2, 0.25) is 0 Å². The Balaban J connectivity index is 1.56. The van der Waals surface area contributed by atoms with Gasteiger partial charge in [-0.1, -0.05) is 24.3 Å². The molecule has 0 fully saturated rings. The van der Waals surface area contributed by atoms with E-state index in [0.717, 1.165) is 49.1 Å². The van der Waals surface area contributed by atoms with E-state index in [2.05, 4.69) is 16.0 Å². The van der Waals surface area contributed by atoms with Gasteiger partial charge in [0, 0.05) is 26.2 Å². The second-order valence-electron chi connectivity index (χ2n) is 5.91. The van der Waals surface area contributed by atoms with Crippen molar-refractivity contribution in [1.82, 2.24) is 5.32 Å². The van der Waals surface area contributed by atoms with Gasteiger partial charge in [0.25, 0.3) is 0 Å². The molecule has 0 saturated heterocycles. The fourth-order valence-corrected chi connectivity index (χ4v) is 2.70. The summed E-state index contributed by atoms with van der Waals surface area (Å²) >= 11 is 0. The number of fused-ring (bicyclic) bond motifs is 2. The molecule has 1 aliphatic rings. The Morgan fingerprint density at radius 3 is 1.62 bits per heavy atom. The molecule has 0 aromatic heterocycles. The highest BCUT2D eigenvalue weighted by atomic mass is 16.5. The van der Waals surface area contributed by atoms with Crippen molar-refractivity contribution >= 4 is 11.4 Å². The van der Waals surface area contributed by atoms with Crippen LogP contribution in [0.2, 0.25) is 0 Å². The minimum Gasteiger partial charge on any atom is -0.489 e. The highest BCUT2D eigenvalue weighted by molar-refractivity contribution is 5.56. The molecule has 2 aromatic carbocycles. The lowest BCUT2D eigenvalue weighted by Crippen LogP contribution is -2.27. The molecule has 0 saturated carbocycles. The predicted octanol–water partition coefficient (Wildman–Crippen LogP) is 2.59. The first-order chi connectivity index (χ1) is 12.9. The Morgan fingerprint density at radius 1 is 0.577 bits per heavy atom. The van der Waals surface area contributed by atoms with Gasteiger partial charge in [-0.15, -0.1) is 0 Å². The van der Waals surface area contributed by atoms with Crippen LogP contribution in [0.15, 0.2) is 48.5 Å². The molecule has 0 aliphatic carbocycles. The molecular weight excluding hydrogens is 330 g/mol. The summed E-state index contributed by atoms with van der Waals surface area (Å²) in [5.74, 6) is 1.70. The van der Waals surface area contributed by atoms with Gasteiger partial charge >= 0.3 is 0 Å². The Morgan fingerprint density at radius 2 is 1.08 bits per heavy atom. The second kappa shape index (κ2) is 10.5. The van der Waals surface area contributed by atoms with Gasteiger partial charge in [-0.2, -0.15) is 0 Å². The van der Waals surface area contributed by atoms with Gasteiger partial charge in [0.1, 0.15) is 24.7 Å². The van der Waals surface area contributed by atoms with Gasteiger partial charge in [-0.05, 0) is 24.3 Å². The SMILES string of the molecule is c1ccc2c(c1)NCCNCCNc1ccccc1OCCOCCO2. The van der Waals surface area contributed by atoms with Gasteiger partial charge < -0.3 is 30.2 Å². The van der Waals surface area contributed by atoms with Crippen LogP contribution in [0.5, 0.6) is 11.5 Å². The third-order valence-electron chi connectivity index (χ3n) is 3.98. The second-order valence-corrected chi connectivity index (χ2v) is 5.91. The van der Waals surface area contributed by atoms with Gasteiger partial charge in [-0.3, -0.25) is 0 Å². The molecule has 2 aromatic rings. The monoisotopic (exact) mass is 357 g/mol. The van der Waals surface area contributed by atoms with Crippen molar-refractivity contribution in [2.24, 2.45) is 0 Å². The minimum absolute atomic E-state index is 0.509. The minimum atomic E-state index is 0.509. The lowest BCUT2D eigenvalue weighted by Gasteiger charge is -2.16. The van der Waals surface area contributed by atoms with Crippen LogP contribution < -0.4 is 25.4 Å². The quantitative estimate of drug-likeness (QED) is 0.674.